The van der Waals surface area contributed by atoms with E-state index in [2.05, 4.69) is 10.3 Å². The van der Waals surface area contributed by atoms with Crippen LogP contribution in [0.25, 0.3) is 17.3 Å². The number of nitro benzene ring substituents is 1. The molecule has 1 amide bonds. The lowest BCUT2D eigenvalue weighted by molar-refractivity contribution is -0.385. The summed E-state index contributed by atoms with van der Waals surface area (Å²) in [6.07, 6.45) is 2.32. The number of esters is 1. The predicted molar refractivity (Wildman–Crippen MR) is 114 cm³/mol. The van der Waals surface area contributed by atoms with E-state index in [0.717, 1.165) is 22.3 Å². The van der Waals surface area contributed by atoms with E-state index >= 15 is 0 Å². The van der Waals surface area contributed by atoms with E-state index in [1.807, 2.05) is 18.4 Å². The molecule has 0 fully saturated rings. The molecule has 152 valence electrons. The number of hydrogen-bond donors (Lipinski definition) is 1. The minimum Gasteiger partial charge on any atom is -0.452 e. The molecule has 0 unspecified atom stereocenters. The van der Waals surface area contributed by atoms with Crippen molar-refractivity contribution in [2.24, 2.45) is 0 Å². The molecule has 3 aromatic rings. The Morgan fingerprint density at radius 3 is 2.77 bits per heavy atom. The zero-order chi connectivity index (χ0) is 21.5. The third-order valence-corrected chi connectivity index (χ3v) is 4.71. The standard InChI is InChI=1S/C21H17N3O5S/c1-14-22-18(13-30-14)16-6-4-7-17(11-16)23-20(25)12-29-21(26)10-9-15-5-2-3-8-19(15)24(27)28/h2-11,13H,12H2,1H3,(H,23,25)/b10-9+. The van der Waals surface area contributed by atoms with Gasteiger partial charge in [-0.3, -0.25) is 14.9 Å². The van der Waals surface area contributed by atoms with Crippen LogP contribution in [0.15, 0.2) is 60.0 Å². The fourth-order valence-electron chi connectivity index (χ4n) is 2.59. The fourth-order valence-corrected chi connectivity index (χ4v) is 3.21. The number of rotatable bonds is 7. The van der Waals surface area contributed by atoms with E-state index in [0.29, 0.717) is 5.69 Å². The number of nitro groups is 1. The van der Waals surface area contributed by atoms with Crippen molar-refractivity contribution in [3.63, 3.8) is 0 Å². The summed E-state index contributed by atoms with van der Waals surface area (Å²) in [5.74, 6) is -1.29. The van der Waals surface area contributed by atoms with Crippen molar-refractivity contribution in [2.75, 3.05) is 11.9 Å². The average Bonchev–Trinajstić information content (AvgIpc) is 3.17. The van der Waals surface area contributed by atoms with Gasteiger partial charge < -0.3 is 10.1 Å². The molecule has 0 aliphatic heterocycles. The van der Waals surface area contributed by atoms with Gasteiger partial charge >= 0.3 is 5.97 Å². The highest BCUT2D eigenvalue weighted by molar-refractivity contribution is 7.09. The zero-order valence-corrected chi connectivity index (χ0v) is 16.7. The predicted octanol–water partition coefficient (Wildman–Crippen LogP) is 4.22. The van der Waals surface area contributed by atoms with Crippen molar-refractivity contribution < 1.29 is 19.2 Å². The van der Waals surface area contributed by atoms with Gasteiger partial charge in [-0.05, 0) is 31.2 Å². The number of aromatic nitrogens is 1. The smallest absolute Gasteiger partial charge is 0.331 e. The maximum Gasteiger partial charge on any atom is 0.331 e. The molecular formula is C21H17N3O5S. The van der Waals surface area contributed by atoms with Crippen LogP contribution in [0, 0.1) is 17.0 Å². The number of anilines is 1. The molecule has 1 heterocycles. The highest BCUT2D eigenvalue weighted by Gasteiger charge is 2.11. The van der Waals surface area contributed by atoms with Gasteiger partial charge in [0.05, 0.1) is 21.2 Å². The van der Waals surface area contributed by atoms with Crippen molar-refractivity contribution in [1.29, 1.82) is 0 Å². The fraction of sp³-hybridized carbons (Fsp3) is 0.0952. The van der Waals surface area contributed by atoms with Crippen LogP contribution in [0.3, 0.4) is 0 Å². The van der Waals surface area contributed by atoms with Crippen LogP contribution < -0.4 is 5.32 Å². The Morgan fingerprint density at radius 1 is 1.23 bits per heavy atom. The minimum absolute atomic E-state index is 0.130. The molecule has 0 spiro atoms. The summed E-state index contributed by atoms with van der Waals surface area (Å²) in [6, 6.07) is 13.2. The second-order valence-electron chi connectivity index (χ2n) is 6.14. The number of aryl methyl sites for hydroxylation is 1. The molecule has 0 atom stereocenters. The number of thiazole rings is 1. The molecule has 8 nitrogen and oxygen atoms in total. The third-order valence-electron chi connectivity index (χ3n) is 3.94. The average molecular weight is 423 g/mol. The second kappa shape index (κ2) is 9.57. The number of nitrogens with zero attached hydrogens (tertiary/aromatic N) is 2. The molecule has 9 heteroatoms. The van der Waals surface area contributed by atoms with Crippen LogP contribution >= 0.6 is 11.3 Å². The zero-order valence-electron chi connectivity index (χ0n) is 15.9. The van der Waals surface area contributed by atoms with Gasteiger partial charge in [-0.2, -0.15) is 0 Å². The Kier molecular flexibility index (Phi) is 6.66. The number of carbonyl (C=O) groups excluding carboxylic acids is 2. The summed E-state index contributed by atoms with van der Waals surface area (Å²) < 4.78 is 4.90. The molecular weight excluding hydrogens is 406 g/mol. The topological polar surface area (TPSA) is 111 Å². The molecule has 0 bridgehead atoms. The first kappa shape index (κ1) is 20.9. The Labute approximate surface area is 176 Å². The summed E-state index contributed by atoms with van der Waals surface area (Å²) in [5, 5.41) is 16.5. The van der Waals surface area contributed by atoms with E-state index in [9.17, 15) is 19.7 Å². The Morgan fingerprint density at radius 2 is 2.03 bits per heavy atom. The molecule has 0 aliphatic carbocycles. The molecule has 3 rings (SSSR count). The van der Waals surface area contributed by atoms with Crippen molar-refractivity contribution in [3.05, 3.63) is 80.7 Å². The van der Waals surface area contributed by atoms with Gasteiger partial charge in [0, 0.05) is 28.8 Å². The molecule has 30 heavy (non-hydrogen) atoms. The third kappa shape index (κ3) is 5.58. The molecule has 1 aromatic heterocycles. The maximum atomic E-state index is 12.1. The first-order chi connectivity index (χ1) is 14.4. The highest BCUT2D eigenvalue weighted by atomic mass is 32.1. The highest BCUT2D eigenvalue weighted by Crippen LogP contribution is 2.24. The van der Waals surface area contributed by atoms with Crippen LogP contribution in [0.4, 0.5) is 11.4 Å². The van der Waals surface area contributed by atoms with Crippen LogP contribution in [-0.4, -0.2) is 28.4 Å². The lowest BCUT2D eigenvalue weighted by Gasteiger charge is -2.07. The summed E-state index contributed by atoms with van der Waals surface area (Å²) in [6.45, 7) is 1.43. The SMILES string of the molecule is Cc1nc(-c2cccc(NC(=O)COC(=O)/C=C/c3ccccc3[N+](=O)[O-])c2)cs1. The van der Waals surface area contributed by atoms with E-state index in [4.69, 9.17) is 4.74 Å². The van der Waals surface area contributed by atoms with Crippen molar-refractivity contribution in [2.45, 2.75) is 6.92 Å². The van der Waals surface area contributed by atoms with Gasteiger partial charge in [0.2, 0.25) is 0 Å². The summed E-state index contributed by atoms with van der Waals surface area (Å²) in [7, 11) is 0. The largest absolute Gasteiger partial charge is 0.452 e. The number of para-hydroxylation sites is 1. The second-order valence-corrected chi connectivity index (χ2v) is 7.20. The van der Waals surface area contributed by atoms with Gasteiger partial charge in [-0.15, -0.1) is 11.3 Å². The first-order valence-electron chi connectivity index (χ1n) is 8.83. The molecule has 1 N–H and O–H groups in total. The molecule has 0 saturated carbocycles. The Bertz CT molecular complexity index is 1120. The van der Waals surface area contributed by atoms with Gasteiger partial charge in [-0.25, -0.2) is 9.78 Å². The van der Waals surface area contributed by atoms with Crippen LogP contribution in [0.1, 0.15) is 10.6 Å². The van der Waals surface area contributed by atoms with E-state index in [-0.39, 0.29) is 11.3 Å². The maximum absolute atomic E-state index is 12.1. The number of benzene rings is 2. The summed E-state index contributed by atoms with van der Waals surface area (Å²) >= 11 is 1.54. The number of amides is 1. The van der Waals surface area contributed by atoms with Crippen LogP contribution in [0.5, 0.6) is 0 Å². The Balaban J connectivity index is 1.55. The molecule has 0 radical (unpaired) electrons. The van der Waals surface area contributed by atoms with E-state index in [1.165, 1.54) is 35.6 Å². The monoisotopic (exact) mass is 423 g/mol. The molecule has 0 aliphatic rings. The first-order valence-corrected chi connectivity index (χ1v) is 9.71. The van der Waals surface area contributed by atoms with Gasteiger partial charge in [0.25, 0.3) is 11.6 Å². The van der Waals surface area contributed by atoms with Gasteiger partial charge in [-0.1, -0.05) is 24.3 Å². The van der Waals surface area contributed by atoms with Crippen molar-refractivity contribution >= 4 is 40.7 Å². The Hall–Kier alpha value is -3.85. The van der Waals surface area contributed by atoms with Crippen molar-refractivity contribution in [1.82, 2.24) is 4.98 Å². The van der Waals surface area contributed by atoms with E-state index in [1.54, 1.807) is 24.3 Å². The summed E-state index contributed by atoms with van der Waals surface area (Å²) in [4.78, 5) is 38.7. The number of ether oxygens (including phenoxy) is 1. The minimum atomic E-state index is -0.782. The lowest BCUT2D eigenvalue weighted by atomic mass is 10.1. The number of hydrogen-bond acceptors (Lipinski definition) is 7. The van der Waals surface area contributed by atoms with Crippen LogP contribution in [0.2, 0.25) is 0 Å². The number of carbonyl (C=O) groups is 2. The molecule has 0 saturated heterocycles. The molecule has 2 aromatic carbocycles. The van der Waals surface area contributed by atoms with Crippen LogP contribution in [-0.2, 0) is 14.3 Å². The van der Waals surface area contributed by atoms with Crippen molar-refractivity contribution in [3.8, 4) is 11.3 Å². The normalized spacial score (nSPS) is 10.7. The van der Waals surface area contributed by atoms with E-state index < -0.39 is 23.4 Å². The quantitative estimate of drug-likeness (QED) is 0.264. The van der Waals surface area contributed by atoms with Gasteiger partial charge in [0.15, 0.2) is 6.61 Å². The lowest BCUT2D eigenvalue weighted by Crippen LogP contribution is -2.20. The number of nitrogens with one attached hydrogen (secondary N) is 1. The van der Waals surface area contributed by atoms with Gasteiger partial charge in [0.1, 0.15) is 0 Å². The summed E-state index contributed by atoms with van der Waals surface area (Å²) in [5.41, 5.74) is 2.36.